The lowest BCUT2D eigenvalue weighted by Crippen LogP contribution is -2.53. The number of alkyl halides is 2. The summed E-state index contributed by atoms with van der Waals surface area (Å²) < 4.78 is 33.6. The third-order valence-corrected chi connectivity index (χ3v) is 6.15. The van der Waals surface area contributed by atoms with Crippen LogP contribution in [0.25, 0.3) is 11.1 Å². The molecule has 9 heteroatoms. The number of hydrogen-bond acceptors (Lipinski definition) is 4. The standard InChI is InChI=1S/C22H24F2N4O3/c1-13-11-26(21(30)31-18-8-22(23,24)9-18)20-7-15(3-6-19(20)28(13)14(2)29)16-10-25-27(12-16)17-4-5-17/h3,6-7,10,12-13,17-18H,4-5,8-9,11H2,1-2H3/t13-/m0/s1. The van der Waals surface area contributed by atoms with E-state index < -0.39 is 31.0 Å². The Balaban J connectivity index is 1.47. The largest absolute Gasteiger partial charge is 0.445 e. The van der Waals surface area contributed by atoms with E-state index in [0.29, 0.717) is 17.4 Å². The van der Waals surface area contributed by atoms with Gasteiger partial charge in [-0.25, -0.2) is 13.6 Å². The SMILES string of the molecule is CC(=O)N1c2ccc(-c3cnn(C4CC4)c3)cc2N(C(=O)OC2CC(F)(F)C2)C[C@@H]1C. The van der Waals surface area contributed by atoms with Gasteiger partial charge in [0.25, 0.3) is 5.92 Å². The zero-order valence-corrected chi connectivity index (χ0v) is 17.4. The van der Waals surface area contributed by atoms with Crippen molar-refractivity contribution in [1.29, 1.82) is 0 Å². The number of benzene rings is 1. The van der Waals surface area contributed by atoms with Gasteiger partial charge in [0.05, 0.1) is 29.7 Å². The van der Waals surface area contributed by atoms with Gasteiger partial charge in [-0.2, -0.15) is 5.10 Å². The van der Waals surface area contributed by atoms with Gasteiger partial charge >= 0.3 is 6.09 Å². The third kappa shape index (κ3) is 3.66. The van der Waals surface area contributed by atoms with Gasteiger partial charge in [0.15, 0.2) is 0 Å². The van der Waals surface area contributed by atoms with Crippen molar-refractivity contribution in [2.75, 3.05) is 16.3 Å². The Bertz CT molecular complexity index is 1040. The van der Waals surface area contributed by atoms with Gasteiger partial charge < -0.3 is 9.64 Å². The average molecular weight is 430 g/mol. The molecule has 1 aromatic heterocycles. The fraction of sp³-hybridized carbons (Fsp3) is 0.500. The van der Waals surface area contributed by atoms with Crippen LogP contribution in [0.5, 0.6) is 0 Å². The minimum atomic E-state index is -2.77. The molecule has 0 bridgehead atoms. The van der Waals surface area contributed by atoms with E-state index in [1.165, 1.54) is 11.8 Å². The number of halogens is 2. The number of anilines is 2. The molecule has 0 unspecified atom stereocenters. The smallest absolute Gasteiger partial charge is 0.414 e. The molecule has 31 heavy (non-hydrogen) atoms. The normalized spacial score (nSPS) is 22.6. The number of amides is 2. The van der Waals surface area contributed by atoms with Gasteiger partial charge in [-0.05, 0) is 37.5 Å². The van der Waals surface area contributed by atoms with E-state index in [4.69, 9.17) is 4.74 Å². The minimum Gasteiger partial charge on any atom is -0.445 e. The van der Waals surface area contributed by atoms with Gasteiger partial charge in [0.1, 0.15) is 6.10 Å². The molecule has 0 saturated heterocycles. The van der Waals surface area contributed by atoms with Crippen molar-refractivity contribution in [3.8, 4) is 11.1 Å². The molecule has 0 radical (unpaired) electrons. The van der Waals surface area contributed by atoms with Crippen molar-refractivity contribution < 1.29 is 23.1 Å². The molecule has 3 aliphatic rings. The Labute approximate surface area is 178 Å². The highest BCUT2D eigenvalue weighted by molar-refractivity contribution is 6.03. The predicted molar refractivity (Wildman–Crippen MR) is 110 cm³/mol. The highest BCUT2D eigenvalue weighted by atomic mass is 19.3. The van der Waals surface area contributed by atoms with Crippen LogP contribution >= 0.6 is 0 Å². The van der Waals surface area contributed by atoms with Crippen LogP contribution in [0, 0.1) is 0 Å². The van der Waals surface area contributed by atoms with Crippen LogP contribution in [-0.4, -0.2) is 46.4 Å². The van der Waals surface area contributed by atoms with Gasteiger partial charge in [0, 0.05) is 38.1 Å². The molecule has 1 aromatic carbocycles. The number of carbonyl (C=O) groups is 2. The highest BCUT2D eigenvalue weighted by Gasteiger charge is 2.48. The second-order valence-corrected chi connectivity index (χ2v) is 8.76. The van der Waals surface area contributed by atoms with Crippen molar-refractivity contribution in [3.05, 3.63) is 30.6 Å². The highest BCUT2D eigenvalue weighted by Crippen LogP contribution is 2.42. The van der Waals surface area contributed by atoms with E-state index in [0.717, 1.165) is 24.0 Å². The zero-order chi connectivity index (χ0) is 21.9. The van der Waals surface area contributed by atoms with Crippen LogP contribution in [-0.2, 0) is 9.53 Å². The molecule has 2 aromatic rings. The lowest BCUT2D eigenvalue weighted by Gasteiger charge is -2.42. The average Bonchev–Trinajstić information content (AvgIpc) is 3.42. The maximum atomic E-state index is 13.2. The maximum absolute atomic E-state index is 13.2. The summed E-state index contributed by atoms with van der Waals surface area (Å²) in [5.41, 5.74) is 2.90. The number of fused-ring (bicyclic) bond motifs is 1. The minimum absolute atomic E-state index is 0.130. The summed E-state index contributed by atoms with van der Waals surface area (Å²) in [6.07, 6.45) is 3.66. The fourth-order valence-electron chi connectivity index (χ4n) is 4.38. The number of rotatable bonds is 3. The lowest BCUT2D eigenvalue weighted by atomic mass is 9.91. The topological polar surface area (TPSA) is 67.7 Å². The Morgan fingerprint density at radius 3 is 2.55 bits per heavy atom. The Hall–Kier alpha value is -2.97. The monoisotopic (exact) mass is 430 g/mol. The summed E-state index contributed by atoms with van der Waals surface area (Å²) in [4.78, 5) is 28.3. The summed E-state index contributed by atoms with van der Waals surface area (Å²) in [6.45, 7) is 3.55. The van der Waals surface area contributed by atoms with E-state index in [1.54, 1.807) is 11.1 Å². The van der Waals surface area contributed by atoms with Gasteiger partial charge in [-0.3, -0.25) is 14.4 Å². The third-order valence-electron chi connectivity index (χ3n) is 6.15. The van der Waals surface area contributed by atoms with Crippen LogP contribution in [0.3, 0.4) is 0 Å². The van der Waals surface area contributed by atoms with Crippen LogP contribution in [0.2, 0.25) is 0 Å². The molecule has 7 nitrogen and oxygen atoms in total. The lowest BCUT2D eigenvalue weighted by molar-refractivity contribution is -0.143. The molecule has 1 aliphatic heterocycles. The van der Waals surface area contributed by atoms with E-state index >= 15 is 0 Å². The molecule has 164 valence electrons. The molecular formula is C22H24F2N4O3. The maximum Gasteiger partial charge on any atom is 0.414 e. The first kappa shape index (κ1) is 20.0. The first-order valence-corrected chi connectivity index (χ1v) is 10.6. The van der Waals surface area contributed by atoms with Crippen LogP contribution in [0.4, 0.5) is 25.0 Å². The van der Waals surface area contributed by atoms with E-state index in [1.807, 2.05) is 36.0 Å². The second-order valence-electron chi connectivity index (χ2n) is 8.76. The van der Waals surface area contributed by atoms with Crippen LogP contribution in [0.1, 0.15) is 45.6 Å². The molecule has 0 spiro atoms. The van der Waals surface area contributed by atoms with E-state index in [2.05, 4.69) is 5.10 Å². The Kier molecular flexibility index (Phi) is 4.53. The molecule has 2 fully saturated rings. The Morgan fingerprint density at radius 2 is 1.90 bits per heavy atom. The number of nitrogens with zero attached hydrogens (tertiary/aromatic N) is 4. The molecule has 2 aliphatic carbocycles. The molecule has 0 N–H and O–H groups in total. The second kappa shape index (κ2) is 7.03. The molecule has 1 atom stereocenters. The summed E-state index contributed by atoms with van der Waals surface area (Å²) in [5, 5.41) is 4.42. The van der Waals surface area contributed by atoms with Gasteiger partial charge in [0.2, 0.25) is 5.91 Å². The Morgan fingerprint density at radius 1 is 1.16 bits per heavy atom. The molecule has 2 saturated carbocycles. The van der Waals surface area contributed by atoms with Crippen molar-refractivity contribution in [3.63, 3.8) is 0 Å². The molecule has 2 heterocycles. The summed E-state index contributed by atoms with van der Waals surface area (Å²) in [7, 11) is 0. The predicted octanol–water partition coefficient (Wildman–Crippen LogP) is 4.38. The van der Waals surface area contributed by atoms with Crippen LogP contribution in [0.15, 0.2) is 30.6 Å². The van der Waals surface area contributed by atoms with Crippen molar-refractivity contribution in [1.82, 2.24) is 9.78 Å². The number of hydrogen-bond donors (Lipinski definition) is 0. The fourth-order valence-corrected chi connectivity index (χ4v) is 4.38. The summed E-state index contributed by atoms with van der Waals surface area (Å²) in [6, 6.07) is 5.73. The quantitative estimate of drug-likeness (QED) is 0.725. The molecular weight excluding hydrogens is 406 g/mol. The molecule has 5 rings (SSSR count). The summed E-state index contributed by atoms with van der Waals surface area (Å²) in [5.74, 6) is -2.90. The van der Waals surface area contributed by atoms with Gasteiger partial charge in [-0.1, -0.05) is 6.07 Å². The first-order valence-electron chi connectivity index (χ1n) is 10.6. The van der Waals surface area contributed by atoms with Crippen molar-refractivity contribution in [2.45, 2.75) is 63.6 Å². The van der Waals surface area contributed by atoms with Crippen LogP contribution < -0.4 is 9.80 Å². The van der Waals surface area contributed by atoms with E-state index in [9.17, 15) is 18.4 Å². The van der Waals surface area contributed by atoms with Gasteiger partial charge in [-0.15, -0.1) is 0 Å². The number of aromatic nitrogens is 2. The summed E-state index contributed by atoms with van der Waals surface area (Å²) >= 11 is 0. The van der Waals surface area contributed by atoms with E-state index in [-0.39, 0.29) is 18.5 Å². The number of ether oxygens (including phenoxy) is 1. The molecule has 2 amide bonds. The number of carbonyl (C=O) groups excluding carboxylic acids is 2. The first-order chi connectivity index (χ1) is 14.7. The van der Waals surface area contributed by atoms with Crippen molar-refractivity contribution >= 4 is 23.4 Å². The van der Waals surface area contributed by atoms with Crippen molar-refractivity contribution in [2.24, 2.45) is 0 Å². The zero-order valence-electron chi connectivity index (χ0n) is 17.4.